The molecule has 0 atom stereocenters. The van der Waals surface area contributed by atoms with Gasteiger partial charge in [-0.1, -0.05) is 48.5 Å². The van der Waals surface area contributed by atoms with Crippen LogP contribution < -0.4 is 5.32 Å². The van der Waals surface area contributed by atoms with Gasteiger partial charge in [-0.3, -0.25) is 4.79 Å². The highest BCUT2D eigenvalue weighted by atomic mass is 19.4. The molecular weight excluding hydrogens is 391 g/mol. The number of nitrogens with zero attached hydrogens (tertiary/aromatic N) is 2. The molecule has 0 saturated carbocycles. The molecule has 0 aliphatic heterocycles. The highest BCUT2D eigenvalue weighted by Crippen LogP contribution is 2.33. The summed E-state index contributed by atoms with van der Waals surface area (Å²) >= 11 is 0. The Labute approximate surface area is 171 Å². The summed E-state index contributed by atoms with van der Waals surface area (Å²) in [6, 6.07) is 19.8. The molecule has 4 aromatic rings. The monoisotopic (exact) mass is 409 g/mol. The number of carbonyl (C=O) groups is 1. The number of fused-ring (bicyclic) bond motifs is 1. The van der Waals surface area contributed by atoms with E-state index in [0.717, 1.165) is 28.7 Å². The van der Waals surface area contributed by atoms with Crippen LogP contribution in [-0.2, 0) is 24.1 Å². The Kier molecular flexibility index (Phi) is 5.27. The first-order valence-electron chi connectivity index (χ1n) is 9.34. The molecule has 0 aliphatic carbocycles. The first-order chi connectivity index (χ1) is 14.4. The lowest BCUT2D eigenvalue weighted by atomic mass is 9.98. The van der Waals surface area contributed by atoms with E-state index in [0.29, 0.717) is 11.1 Å². The van der Waals surface area contributed by atoms with Gasteiger partial charge in [0.1, 0.15) is 6.54 Å². The summed E-state index contributed by atoms with van der Waals surface area (Å²) in [4.78, 5) is 16.7. The molecule has 3 aromatic carbocycles. The molecule has 0 saturated heterocycles. The maximum atomic E-state index is 13.1. The lowest BCUT2D eigenvalue weighted by molar-refractivity contribution is -0.137. The number of rotatable bonds is 5. The molecule has 0 spiro atoms. The van der Waals surface area contributed by atoms with Gasteiger partial charge in [0.2, 0.25) is 5.91 Å². The van der Waals surface area contributed by atoms with Gasteiger partial charge in [-0.05, 0) is 41.0 Å². The van der Waals surface area contributed by atoms with Crippen LogP contribution in [0, 0.1) is 0 Å². The number of amides is 1. The number of para-hydroxylation sites is 2. The first kappa shape index (κ1) is 19.7. The molecule has 1 aromatic heterocycles. The third kappa shape index (κ3) is 4.20. The normalized spacial score (nSPS) is 11.6. The minimum atomic E-state index is -4.41. The maximum absolute atomic E-state index is 13.1. The van der Waals surface area contributed by atoms with Crippen molar-refractivity contribution >= 4 is 16.9 Å². The van der Waals surface area contributed by atoms with E-state index < -0.39 is 11.7 Å². The van der Waals surface area contributed by atoms with Crippen LogP contribution in [0.1, 0.15) is 11.1 Å². The van der Waals surface area contributed by atoms with Crippen molar-refractivity contribution in [2.45, 2.75) is 19.3 Å². The van der Waals surface area contributed by atoms with Gasteiger partial charge < -0.3 is 9.88 Å². The number of nitrogens with one attached hydrogen (secondary N) is 1. The zero-order valence-corrected chi connectivity index (χ0v) is 15.9. The molecular formula is C23H18F3N3O. The molecule has 0 radical (unpaired) electrons. The Morgan fingerprint density at radius 1 is 0.967 bits per heavy atom. The second-order valence-corrected chi connectivity index (χ2v) is 6.87. The smallest absolute Gasteiger partial charge is 0.350 e. The molecule has 7 heteroatoms. The van der Waals surface area contributed by atoms with Crippen molar-refractivity contribution in [2.75, 3.05) is 0 Å². The van der Waals surface area contributed by atoms with Gasteiger partial charge in [-0.2, -0.15) is 13.2 Å². The summed E-state index contributed by atoms with van der Waals surface area (Å²) < 4.78 is 40.9. The zero-order valence-electron chi connectivity index (χ0n) is 15.9. The van der Waals surface area contributed by atoms with Crippen LogP contribution >= 0.6 is 0 Å². The molecule has 30 heavy (non-hydrogen) atoms. The fraction of sp³-hybridized carbons (Fsp3) is 0.130. The van der Waals surface area contributed by atoms with Gasteiger partial charge in [0.15, 0.2) is 0 Å². The average molecular weight is 409 g/mol. The number of hydrogen-bond acceptors (Lipinski definition) is 2. The van der Waals surface area contributed by atoms with Crippen molar-refractivity contribution in [2.24, 2.45) is 0 Å². The molecule has 1 heterocycles. The van der Waals surface area contributed by atoms with Gasteiger partial charge in [-0.15, -0.1) is 0 Å². The van der Waals surface area contributed by atoms with Crippen LogP contribution in [0.2, 0.25) is 0 Å². The van der Waals surface area contributed by atoms with Gasteiger partial charge in [0.25, 0.3) is 0 Å². The third-order valence-corrected chi connectivity index (χ3v) is 4.84. The van der Waals surface area contributed by atoms with Gasteiger partial charge >= 0.3 is 6.18 Å². The van der Waals surface area contributed by atoms with Crippen molar-refractivity contribution < 1.29 is 18.0 Å². The predicted octanol–water partition coefficient (Wildman–Crippen LogP) is 5.04. The summed E-state index contributed by atoms with van der Waals surface area (Å²) in [6.07, 6.45) is -2.80. The minimum Gasteiger partial charge on any atom is -0.350 e. The summed E-state index contributed by atoms with van der Waals surface area (Å²) in [6.45, 7) is 0.310. The fourth-order valence-electron chi connectivity index (χ4n) is 3.36. The van der Waals surface area contributed by atoms with Gasteiger partial charge in [0, 0.05) is 6.54 Å². The Bertz CT molecular complexity index is 1200. The van der Waals surface area contributed by atoms with E-state index in [1.807, 2.05) is 24.3 Å². The Morgan fingerprint density at radius 3 is 2.57 bits per heavy atom. The summed E-state index contributed by atoms with van der Waals surface area (Å²) in [5.41, 5.74) is 2.80. The van der Waals surface area contributed by atoms with E-state index in [-0.39, 0.29) is 19.0 Å². The molecule has 0 aliphatic rings. The molecule has 0 fully saturated rings. The second kappa shape index (κ2) is 8.02. The van der Waals surface area contributed by atoms with Crippen LogP contribution in [0.3, 0.4) is 0 Å². The number of carbonyl (C=O) groups excluding carboxylic acids is 1. The van der Waals surface area contributed by atoms with Crippen LogP contribution in [0.4, 0.5) is 13.2 Å². The topological polar surface area (TPSA) is 46.9 Å². The molecule has 152 valence electrons. The standard InChI is InChI=1S/C23H18F3N3O/c24-23(25,26)18-8-5-7-16(12-18)19-9-2-1-6-17(19)13-27-22(30)14-29-15-28-20-10-3-4-11-21(20)29/h1-12,15H,13-14H2,(H,27,30). The van der Waals surface area contributed by atoms with Crippen molar-refractivity contribution in [3.63, 3.8) is 0 Å². The number of halogens is 3. The van der Waals surface area contributed by atoms with E-state index in [1.54, 1.807) is 41.2 Å². The Morgan fingerprint density at radius 2 is 1.73 bits per heavy atom. The predicted molar refractivity (Wildman–Crippen MR) is 108 cm³/mol. The van der Waals surface area contributed by atoms with E-state index in [4.69, 9.17) is 0 Å². The quantitative estimate of drug-likeness (QED) is 0.502. The van der Waals surface area contributed by atoms with Crippen molar-refractivity contribution in [1.29, 1.82) is 0 Å². The van der Waals surface area contributed by atoms with Gasteiger partial charge in [-0.25, -0.2) is 4.98 Å². The average Bonchev–Trinajstić information content (AvgIpc) is 3.15. The third-order valence-electron chi connectivity index (χ3n) is 4.84. The van der Waals surface area contributed by atoms with Crippen LogP contribution in [0.5, 0.6) is 0 Å². The maximum Gasteiger partial charge on any atom is 0.416 e. The van der Waals surface area contributed by atoms with E-state index in [2.05, 4.69) is 10.3 Å². The molecule has 4 rings (SSSR count). The number of imidazole rings is 1. The highest BCUT2D eigenvalue weighted by Gasteiger charge is 2.30. The lowest BCUT2D eigenvalue weighted by Crippen LogP contribution is -2.27. The number of aromatic nitrogens is 2. The molecule has 1 amide bonds. The highest BCUT2D eigenvalue weighted by molar-refractivity contribution is 5.80. The number of alkyl halides is 3. The van der Waals surface area contributed by atoms with Gasteiger partial charge in [0.05, 0.1) is 22.9 Å². The second-order valence-electron chi connectivity index (χ2n) is 6.87. The molecule has 1 N–H and O–H groups in total. The minimum absolute atomic E-state index is 0.103. The Balaban J connectivity index is 1.50. The van der Waals surface area contributed by atoms with Crippen LogP contribution in [0.15, 0.2) is 79.1 Å². The lowest BCUT2D eigenvalue weighted by Gasteiger charge is -2.13. The number of benzene rings is 3. The van der Waals surface area contributed by atoms with Crippen molar-refractivity contribution in [3.8, 4) is 11.1 Å². The van der Waals surface area contributed by atoms with E-state index in [1.165, 1.54) is 6.07 Å². The van der Waals surface area contributed by atoms with Crippen LogP contribution in [0.25, 0.3) is 22.2 Å². The van der Waals surface area contributed by atoms with E-state index in [9.17, 15) is 18.0 Å². The molecule has 4 nitrogen and oxygen atoms in total. The summed E-state index contributed by atoms with van der Waals surface area (Å²) in [5.74, 6) is -0.211. The zero-order chi connectivity index (χ0) is 21.1. The molecule has 0 bridgehead atoms. The van der Waals surface area contributed by atoms with Crippen molar-refractivity contribution in [1.82, 2.24) is 14.9 Å². The Hall–Kier alpha value is -3.61. The fourth-order valence-corrected chi connectivity index (χ4v) is 3.36. The van der Waals surface area contributed by atoms with E-state index >= 15 is 0 Å². The first-order valence-corrected chi connectivity index (χ1v) is 9.34. The summed E-state index contributed by atoms with van der Waals surface area (Å²) in [7, 11) is 0. The molecule has 0 unspecified atom stereocenters. The number of hydrogen-bond donors (Lipinski definition) is 1. The van der Waals surface area contributed by atoms with Crippen LogP contribution in [-0.4, -0.2) is 15.5 Å². The summed E-state index contributed by atoms with van der Waals surface area (Å²) in [5, 5.41) is 2.85. The largest absolute Gasteiger partial charge is 0.416 e. The SMILES string of the molecule is O=C(Cn1cnc2ccccc21)NCc1ccccc1-c1cccc(C(F)(F)F)c1. The van der Waals surface area contributed by atoms with Crippen molar-refractivity contribution in [3.05, 3.63) is 90.3 Å².